The van der Waals surface area contributed by atoms with Crippen LogP contribution in [-0.4, -0.2) is 27.8 Å². The van der Waals surface area contributed by atoms with Crippen LogP contribution >= 0.6 is 11.6 Å². The average Bonchev–Trinajstić information content (AvgIpc) is 2.65. The number of esters is 1. The fourth-order valence-electron chi connectivity index (χ4n) is 2.13. The predicted octanol–water partition coefficient (Wildman–Crippen LogP) is 4.19. The van der Waals surface area contributed by atoms with E-state index in [-0.39, 0.29) is 5.97 Å². The highest BCUT2D eigenvalue weighted by Gasteiger charge is 2.07. The molecular formula is C18H16ClN5O2. The van der Waals surface area contributed by atoms with Crippen LogP contribution in [-0.2, 0) is 4.74 Å². The highest BCUT2D eigenvalue weighted by Crippen LogP contribution is 2.19. The molecule has 1 heterocycles. The molecule has 0 aliphatic carbocycles. The molecule has 3 rings (SSSR count). The van der Waals surface area contributed by atoms with Gasteiger partial charge in [0.05, 0.1) is 18.4 Å². The molecule has 0 bridgehead atoms. The van der Waals surface area contributed by atoms with E-state index in [9.17, 15) is 4.79 Å². The van der Waals surface area contributed by atoms with Crippen LogP contribution in [0.5, 0.6) is 0 Å². The minimum Gasteiger partial charge on any atom is -0.462 e. The predicted molar refractivity (Wildman–Crippen MR) is 100 cm³/mol. The summed E-state index contributed by atoms with van der Waals surface area (Å²) in [6.45, 7) is 2.11. The maximum atomic E-state index is 11.7. The Morgan fingerprint density at radius 1 is 1.04 bits per heavy atom. The third-order valence-electron chi connectivity index (χ3n) is 3.33. The smallest absolute Gasteiger partial charge is 0.338 e. The molecule has 0 atom stereocenters. The van der Waals surface area contributed by atoms with Gasteiger partial charge in [-0.3, -0.25) is 0 Å². The summed E-state index contributed by atoms with van der Waals surface area (Å²) in [6.07, 6.45) is 1.52. The number of nitrogens with one attached hydrogen (secondary N) is 2. The second kappa shape index (κ2) is 8.26. The number of ether oxygens (including phenoxy) is 1. The van der Waals surface area contributed by atoms with E-state index in [1.54, 1.807) is 43.3 Å². The molecule has 7 nitrogen and oxygen atoms in total. The van der Waals surface area contributed by atoms with Crippen molar-refractivity contribution in [3.63, 3.8) is 0 Å². The van der Waals surface area contributed by atoms with Gasteiger partial charge in [-0.15, -0.1) is 5.10 Å². The van der Waals surface area contributed by atoms with Gasteiger partial charge >= 0.3 is 5.97 Å². The molecule has 3 aromatic rings. The third kappa shape index (κ3) is 4.67. The second-order valence-corrected chi connectivity index (χ2v) is 5.66. The summed E-state index contributed by atoms with van der Waals surface area (Å²) in [5.74, 6) is 0.506. The Morgan fingerprint density at radius 2 is 1.69 bits per heavy atom. The van der Waals surface area contributed by atoms with Crippen LogP contribution in [0.3, 0.4) is 0 Å². The van der Waals surface area contributed by atoms with E-state index in [4.69, 9.17) is 16.3 Å². The van der Waals surface area contributed by atoms with Crippen LogP contribution in [0, 0.1) is 0 Å². The molecule has 132 valence electrons. The highest BCUT2D eigenvalue weighted by molar-refractivity contribution is 6.30. The number of benzene rings is 2. The van der Waals surface area contributed by atoms with Gasteiger partial charge in [0.25, 0.3) is 0 Å². The van der Waals surface area contributed by atoms with Crippen LogP contribution in [0.1, 0.15) is 17.3 Å². The monoisotopic (exact) mass is 369 g/mol. The Labute approximate surface area is 155 Å². The highest BCUT2D eigenvalue weighted by atomic mass is 35.5. The standard InChI is InChI=1S/C18H16ClN5O2/c1-2-26-17(25)12-3-7-15(8-4-12)22-18-23-16(11-20-24-18)21-14-9-5-13(19)6-10-14/h3-11H,2H2,1H3,(H2,21,22,23,24). The molecule has 0 saturated heterocycles. The number of rotatable bonds is 6. The molecule has 0 aliphatic heterocycles. The molecule has 0 amide bonds. The van der Waals surface area contributed by atoms with Gasteiger partial charge in [-0.25, -0.2) is 4.79 Å². The SMILES string of the molecule is CCOC(=O)c1ccc(Nc2nncc(Nc3ccc(Cl)cc3)n2)cc1. The van der Waals surface area contributed by atoms with Gasteiger partial charge in [0.2, 0.25) is 5.95 Å². The number of anilines is 4. The Balaban J connectivity index is 1.68. The zero-order valence-corrected chi connectivity index (χ0v) is 14.7. The summed E-state index contributed by atoms with van der Waals surface area (Å²) in [5, 5.41) is 14.7. The number of carbonyl (C=O) groups is 1. The fourth-order valence-corrected chi connectivity index (χ4v) is 2.26. The van der Waals surface area contributed by atoms with E-state index < -0.39 is 0 Å². The number of hydrogen-bond acceptors (Lipinski definition) is 7. The van der Waals surface area contributed by atoms with Crippen LogP contribution < -0.4 is 10.6 Å². The Kier molecular flexibility index (Phi) is 5.60. The molecule has 26 heavy (non-hydrogen) atoms. The summed E-state index contributed by atoms with van der Waals surface area (Å²) in [7, 11) is 0. The zero-order valence-electron chi connectivity index (χ0n) is 13.9. The van der Waals surface area contributed by atoms with Crippen molar-refractivity contribution in [3.05, 3.63) is 65.3 Å². The minimum absolute atomic E-state index is 0.327. The van der Waals surface area contributed by atoms with E-state index in [1.165, 1.54) is 6.20 Å². The molecule has 2 aromatic carbocycles. The normalized spacial score (nSPS) is 10.2. The molecule has 0 aliphatic rings. The fraction of sp³-hybridized carbons (Fsp3) is 0.111. The molecule has 0 spiro atoms. The Hall–Kier alpha value is -3.19. The second-order valence-electron chi connectivity index (χ2n) is 5.22. The number of carbonyl (C=O) groups excluding carboxylic acids is 1. The Bertz CT molecular complexity index is 885. The van der Waals surface area contributed by atoms with Gasteiger partial charge in [-0.05, 0) is 55.5 Å². The van der Waals surface area contributed by atoms with Crippen molar-refractivity contribution in [1.29, 1.82) is 0 Å². The number of nitrogens with zero attached hydrogens (tertiary/aromatic N) is 3. The third-order valence-corrected chi connectivity index (χ3v) is 3.58. The molecule has 0 fully saturated rings. The minimum atomic E-state index is -0.355. The van der Waals surface area contributed by atoms with Crippen molar-refractivity contribution >= 4 is 40.7 Å². The lowest BCUT2D eigenvalue weighted by atomic mass is 10.2. The first-order valence-electron chi connectivity index (χ1n) is 7.90. The molecular weight excluding hydrogens is 354 g/mol. The summed E-state index contributed by atoms with van der Waals surface area (Å²) >= 11 is 5.87. The van der Waals surface area contributed by atoms with Gasteiger partial charge in [0.15, 0.2) is 5.82 Å². The van der Waals surface area contributed by atoms with Crippen molar-refractivity contribution in [2.75, 3.05) is 17.2 Å². The van der Waals surface area contributed by atoms with Gasteiger partial charge < -0.3 is 15.4 Å². The first kappa shape index (κ1) is 17.6. The number of halogens is 1. The van der Waals surface area contributed by atoms with E-state index in [0.29, 0.717) is 29.0 Å². The largest absolute Gasteiger partial charge is 0.462 e. The maximum absolute atomic E-state index is 11.7. The van der Waals surface area contributed by atoms with Crippen molar-refractivity contribution in [1.82, 2.24) is 15.2 Å². The first-order chi connectivity index (χ1) is 12.6. The van der Waals surface area contributed by atoms with Crippen molar-refractivity contribution in [2.24, 2.45) is 0 Å². The lowest BCUT2D eigenvalue weighted by Crippen LogP contribution is -2.05. The molecule has 8 heteroatoms. The lowest BCUT2D eigenvalue weighted by Gasteiger charge is -2.08. The quantitative estimate of drug-likeness (QED) is 0.629. The van der Waals surface area contributed by atoms with E-state index >= 15 is 0 Å². The first-order valence-corrected chi connectivity index (χ1v) is 8.28. The summed E-state index contributed by atoms with van der Waals surface area (Å²) in [6, 6.07) is 14.1. The van der Waals surface area contributed by atoms with Crippen LogP contribution in [0.25, 0.3) is 0 Å². The Morgan fingerprint density at radius 3 is 2.38 bits per heavy atom. The lowest BCUT2D eigenvalue weighted by molar-refractivity contribution is 0.0526. The van der Waals surface area contributed by atoms with Gasteiger partial charge in [-0.2, -0.15) is 10.1 Å². The zero-order chi connectivity index (χ0) is 18.4. The molecule has 2 N–H and O–H groups in total. The van der Waals surface area contributed by atoms with Crippen LogP contribution in [0.4, 0.5) is 23.1 Å². The topological polar surface area (TPSA) is 89.0 Å². The summed E-state index contributed by atoms with van der Waals surface area (Å²) < 4.78 is 4.96. The van der Waals surface area contributed by atoms with E-state index in [0.717, 1.165) is 11.4 Å². The summed E-state index contributed by atoms with van der Waals surface area (Å²) in [4.78, 5) is 16.0. The van der Waals surface area contributed by atoms with Crippen LogP contribution in [0.15, 0.2) is 54.7 Å². The van der Waals surface area contributed by atoms with Gasteiger partial charge in [0.1, 0.15) is 0 Å². The van der Waals surface area contributed by atoms with Crippen molar-refractivity contribution in [2.45, 2.75) is 6.92 Å². The summed E-state index contributed by atoms with van der Waals surface area (Å²) in [5.41, 5.74) is 2.04. The van der Waals surface area contributed by atoms with Crippen molar-refractivity contribution < 1.29 is 9.53 Å². The van der Waals surface area contributed by atoms with E-state index in [1.807, 2.05) is 12.1 Å². The molecule has 0 saturated carbocycles. The maximum Gasteiger partial charge on any atom is 0.338 e. The van der Waals surface area contributed by atoms with Crippen molar-refractivity contribution in [3.8, 4) is 0 Å². The number of aromatic nitrogens is 3. The van der Waals surface area contributed by atoms with E-state index in [2.05, 4.69) is 25.8 Å². The average molecular weight is 370 g/mol. The molecule has 0 radical (unpaired) electrons. The van der Waals surface area contributed by atoms with Gasteiger partial charge in [0, 0.05) is 16.4 Å². The number of hydrogen-bond donors (Lipinski definition) is 2. The molecule has 0 unspecified atom stereocenters. The van der Waals surface area contributed by atoms with Gasteiger partial charge in [-0.1, -0.05) is 11.6 Å². The molecule has 1 aromatic heterocycles. The van der Waals surface area contributed by atoms with Crippen LogP contribution in [0.2, 0.25) is 5.02 Å².